The molecule has 20 heavy (non-hydrogen) atoms. The van der Waals surface area contributed by atoms with Crippen LogP contribution in [-0.2, 0) is 6.54 Å². The second kappa shape index (κ2) is 7.38. The van der Waals surface area contributed by atoms with Crippen LogP contribution < -0.4 is 0 Å². The van der Waals surface area contributed by atoms with Gasteiger partial charge in [-0.25, -0.2) is 4.68 Å². The Morgan fingerprint density at radius 1 is 1.15 bits per heavy atom. The van der Waals surface area contributed by atoms with Gasteiger partial charge in [0.25, 0.3) is 0 Å². The topological polar surface area (TPSA) is 47.8 Å². The maximum Gasteiger partial charge on any atom is 0.172 e. The largest absolute Gasteiger partial charge is 0.296 e. The summed E-state index contributed by atoms with van der Waals surface area (Å²) in [5, 5.41) is 7.97. The zero-order valence-electron chi connectivity index (χ0n) is 11.7. The average molecular weight is 269 g/mol. The highest BCUT2D eigenvalue weighted by Crippen LogP contribution is 2.11. The number of aryl methyl sites for hydroxylation is 1. The molecule has 0 saturated carbocycles. The fourth-order valence-electron chi connectivity index (χ4n) is 2.01. The van der Waals surface area contributed by atoms with Gasteiger partial charge in [0.05, 0.1) is 5.69 Å². The van der Waals surface area contributed by atoms with Crippen LogP contribution in [0.25, 0.3) is 12.2 Å². The molecular weight excluding hydrogens is 250 g/mol. The minimum atomic E-state index is 0.397. The van der Waals surface area contributed by atoms with Crippen molar-refractivity contribution in [3.05, 3.63) is 47.3 Å². The van der Waals surface area contributed by atoms with Gasteiger partial charge in [-0.05, 0) is 18.1 Å². The van der Waals surface area contributed by atoms with Crippen molar-refractivity contribution >= 4 is 18.4 Å². The molecule has 0 bridgehead atoms. The van der Waals surface area contributed by atoms with Crippen LogP contribution in [0.5, 0.6) is 0 Å². The first kappa shape index (κ1) is 14.2. The van der Waals surface area contributed by atoms with Crippen molar-refractivity contribution in [2.24, 2.45) is 0 Å². The van der Waals surface area contributed by atoms with Crippen molar-refractivity contribution in [2.75, 3.05) is 0 Å². The molecular formula is C16H19N3O. The maximum absolute atomic E-state index is 11.0. The van der Waals surface area contributed by atoms with Crippen molar-refractivity contribution in [2.45, 2.75) is 32.7 Å². The molecule has 0 unspecified atom stereocenters. The Kier molecular flexibility index (Phi) is 5.24. The van der Waals surface area contributed by atoms with Crippen LogP contribution in [0, 0.1) is 0 Å². The van der Waals surface area contributed by atoms with Crippen LogP contribution in [0.1, 0.15) is 47.9 Å². The first-order valence-electron chi connectivity index (χ1n) is 6.97. The smallest absolute Gasteiger partial charge is 0.172 e. The molecule has 0 atom stereocenters. The zero-order chi connectivity index (χ0) is 14.2. The van der Waals surface area contributed by atoms with Gasteiger partial charge in [-0.3, -0.25) is 4.79 Å². The minimum Gasteiger partial charge on any atom is -0.296 e. The van der Waals surface area contributed by atoms with Gasteiger partial charge in [-0.1, -0.05) is 61.4 Å². The molecule has 0 radical (unpaired) electrons. The number of nitrogens with zero attached hydrogens (tertiary/aromatic N) is 3. The number of rotatable bonds is 7. The van der Waals surface area contributed by atoms with E-state index in [1.165, 1.54) is 0 Å². The molecule has 0 spiro atoms. The van der Waals surface area contributed by atoms with Gasteiger partial charge in [0, 0.05) is 6.54 Å². The predicted molar refractivity (Wildman–Crippen MR) is 80.3 cm³/mol. The summed E-state index contributed by atoms with van der Waals surface area (Å²) in [7, 11) is 0. The van der Waals surface area contributed by atoms with Gasteiger partial charge in [-0.2, -0.15) is 0 Å². The van der Waals surface area contributed by atoms with E-state index < -0.39 is 0 Å². The third-order valence-electron chi connectivity index (χ3n) is 3.12. The van der Waals surface area contributed by atoms with Crippen molar-refractivity contribution in [3.63, 3.8) is 0 Å². The van der Waals surface area contributed by atoms with Crippen LogP contribution in [0.15, 0.2) is 30.3 Å². The molecule has 4 heteroatoms. The minimum absolute atomic E-state index is 0.397. The van der Waals surface area contributed by atoms with E-state index in [-0.39, 0.29) is 0 Å². The first-order chi connectivity index (χ1) is 9.85. The molecule has 1 heterocycles. The predicted octanol–water partition coefficient (Wildman–Crippen LogP) is 3.45. The number of unbranched alkanes of at least 4 members (excludes halogenated alkanes) is 2. The molecule has 4 nitrogen and oxygen atoms in total. The number of benzene rings is 1. The Bertz CT molecular complexity index is 573. The van der Waals surface area contributed by atoms with Crippen molar-refractivity contribution < 1.29 is 4.79 Å². The molecule has 0 aliphatic rings. The molecule has 1 aromatic heterocycles. The van der Waals surface area contributed by atoms with E-state index in [1.54, 1.807) is 4.68 Å². The lowest BCUT2D eigenvalue weighted by molar-refractivity contribution is 0.111. The molecule has 0 fully saturated rings. The molecule has 0 amide bonds. The second-order valence-electron chi connectivity index (χ2n) is 4.65. The Morgan fingerprint density at radius 2 is 1.95 bits per heavy atom. The van der Waals surface area contributed by atoms with Crippen LogP contribution in [0.2, 0.25) is 0 Å². The normalized spacial score (nSPS) is 11.1. The SMILES string of the molecule is CCCCCn1nnc(C=O)c1/C=C/c1ccccc1. The van der Waals surface area contributed by atoms with E-state index in [2.05, 4.69) is 17.2 Å². The Labute approximate surface area is 119 Å². The molecule has 0 aliphatic carbocycles. The van der Waals surface area contributed by atoms with Gasteiger partial charge in [0.2, 0.25) is 0 Å². The van der Waals surface area contributed by atoms with E-state index in [0.717, 1.165) is 43.4 Å². The number of hydrogen-bond donors (Lipinski definition) is 0. The van der Waals surface area contributed by atoms with Gasteiger partial charge in [0.1, 0.15) is 0 Å². The molecule has 0 N–H and O–H groups in total. The van der Waals surface area contributed by atoms with E-state index in [0.29, 0.717) is 5.69 Å². The van der Waals surface area contributed by atoms with Crippen LogP contribution in [0.4, 0.5) is 0 Å². The zero-order valence-corrected chi connectivity index (χ0v) is 11.7. The summed E-state index contributed by atoms with van der Waals surface area (Å²) in [5.74, 6) is 0. The second-order valence-corrected chi connectivity index (χ2v) is 4.65. The number of hydrogen-bond acceptors (Lipinski definition) is 3. The third-order valence-corrected chi connectivity index (χ3v) is 3.12. The third kappa shape index (κ3) is 3.63. The number of aldehydes is 1. The van der Waals surface area contributed by atoms with E-state index in [4.69, 9.17) is 0 Å². The maximum atomic E-state index is 11.0. The molecule has 2 aromatic rings. The van der Waals surface area contributed by atoms with Crippen molar-refractivity contribution in [3.8, 4) is 0 Å². The van der Waals surface area contributed by atoms with E-state index >= 15 is 0 Å². The quantitative estimate of drug-likeness (QED) is 0.571. The Morgan fingerprint density at radius 3 is 2.65 bits per heavy atom. The Hall–Kier alpha value is -2.23. The summed E-state index contributed by atoms with van der Waals surface area (Å²) in [4.78, 5) is 11.0. The lowest BCUT2D eigenvalue weighted by Crippen LogP contribution is -2.03. The highest BCUT2D eigenvalue weighted by molar-refractivity contribution is 5.81. The van der Waals surface area contributed by atoms with E-state index in [1.807, 2.05) is 42.5 Å². The van der Waals surface area contributed by atoms with Crippen molar-refractivity contribution in [1.82, 2.24) is 15.0 Å². The van der Waals surface area contributed by atoms with Gasteiger partial charge in [0.15, 0.2) is 12.0 Å². The van der Waals surface area contributed by atoms with E-state index in [9.17, 15) is 4.79 Å². The first-order valence-corrected chi connectivity index (χ1v) is 6.97. The standard InChI is InChI=1S/C16H19N3O/c1-2-3-7-12-19-16(15(13-20)17-18-19)11-10-14-8-5-4-6-9-14/h4-6,8-11,13H,2-3,7,12H2,1H3/b11-10+. The molecule has 1 aromatic carbocycles. The fraction of sp³-hybridized carbons (Fsp3) is 0.312. The highest BCUT2D eigenvalue weighted by atomic mass is 16.1. The summed E-state index contributed by atoms with van der Waals surface area (Å²) < 4.78 is 1.80. The molecule has 104 valence electrons. The summed E-state index contributed by atoms with van der Waals surface area (Å²) >= 11 is 0. The fourth-order valence-corrected chi connectivity index (χ4v) is 2.01. The van der Waals surface area contributed by atoms with Crippen LogP contribution >= 0.6 is 0 Å². The Balaban J connectivity index is 2.18. The number of aromatic nitrogens is 3. The summed E-state index contributed by atoms with van der Waals surface area (Å²) in [6.45, 7) is 2.96. The summed E-state index contributed by atoms with van der Waals surface area (Å²) in [5.41, 5.74) is 2.26. The monoisotopic (exact) mass is 269 g/mol. The average Bonchev–Trinajstić information content (AvgIpc) is 2.88. The lowest BCUT2D eigenvalue weighted by Gasteiger charge is -2.02. The number of carbonyl (C=O) groups is 1. The van der Waals surface area contributed by atoms with Crippen LogP contribution in [-0.4, -0.2) is 21.3 Å². The highest BCUT2D eigenvalue weighted by Gasteiger charge is 2.08. The molecule has 0 aliphatic heterocycles. The van der Waals surface area contributed by atoms with Gasteiger partial charge in [-0.15, -0.1) is 5.10 Å². The number of carbonyl (C=O) groups excluding carboxylic acids is 1. The summed E-state index contributed by atoms with van der Waals surface area (Å²) in [6.07, 6.45) is 7.99. The summed E-state index contributed by atoms with van der Waals surface area (Å²) in [6, 6.07) is 9.98. The molecule has 0 saturated heterocycles. The van der Waals surface area contributed by atoms with Gasteiger partial charge < -0.3 is 0 Å². The van der Waals surface area contributed by atoms with Crippen molar-refractivity contribution in [1.29, 1.82) is 0 Å². The molecule has 2 rings (SSSR count). The lowest BCUT2D eigenvalue weighted by atomic mass is 10.2. The van der Waals surface area contributed by atoms with Crippen LogP contribution in [0.3, 0.4) is 0 Å². The van der Waals surface area contributed by atoms with Gasteiger partial charge >= 0.3 is 0 Å².